The second-order valence-corrected chi connectivity index (χ2v) is 27.6. The molecule has 95 heavy (non-hydrogen) atoms. The van der Waals surface area contributed by atoms with Crippen molar-refractivity contribution in [2.75, 3.05) is 47.5 Å². The Balaban J connectivity index is 4.04. The minimum absolute atomic E-state index is 0.145. The predicted molar refractivity (Wildman–Crippen MR) is 407 cm³/mol. The van der Waals surface area contributed by atoms with E-state index in [2.05, 4.69) is 135 Å². The Kier molecular flexibility index (Phi) is 72.0. The Morgan fingerprint density at radius 3 is 0.895 bits per heavy atom. The van der Waals surface area contributed by atoms with Gasteiger partial charge in [0.25, 0.3) is 0 Å². The van der Waals surface area contributed by atoms with Gasteiger partial charge in [-0.2, -0.15) is 0 Å². The van der Waals surface area contributed by atoms with Gasteiger partial charge in [-0.1, -0.05) is 347 Å². The first-order valence-corrected chi connectivity index (χ1v) is 39.7. The van der Waals surface area contributed by atoms with Crippen LogP contribution < -0.4 is 5.11 Å². The highest BCUT2D eigenvalue weighted by molar-refractivity contribution is 5.70. The summed E-state index contributed by atoms with van der Waals surface area (Å²) >= 11 is 0. The van der Waals surface area contributed by atoms with Crippen molar-refractivity contribution >= 4 is 17.9 Å². The maximum atomic E-state index is 13.0. The van der Waals surface area contributed by atoms with Crippen molar-refractivity contribution in [2.24, 2.45) is 0 Å². The second kappa shape index (κ2) is 75.5. The zero-order chi connectivity index (χ0) is 69.0. The number of ether oxygens (including phenoxy) is 4. The van der Waals surface area contributed by atoms with Gasteiger partial charge in [0.15, 0.2) is 12.4 Å². The van der Waals surface area contributed by atoms with E-state index in [1.54, 1.807) is 0 Å². The van der Waals surface area contributed by atoms with Gasteiger partial charge in [0.05, 0.1) is 40.3 Å². The molecule has 0 aromatic rings. The number of hydrogen-bond donors (Lipinski definition) is 0. The third-order valence-corrected chi connectivity index (χ3v) is 17.2. The van der Waals surface area contributed by atoms with Crippen LogP contribution in [0.5, 0.6) is 0 Å². The Morgan fingerprint density at radius 2 is 0.600 bits per heavy atom. The van der Waals surface area contributed by atoms with Crippen LogP contribution in [-0.2, 0) is 33.3 Å². The molecule has 9 heteroatoms. The van der Waals surface area contributed by atoms with E-state index < -0.39 is 24.3 Å². The van der Waals surface area contributed by atoms with Gasteiger partial charge in [0, 0.05) is 12.8 Å². The van der Waals surface area contributed by atoms with Crippen LogP contribution in [0.25, 0.3) is 0 Å². The molecule has 2 atom stereocenters. The fourth-order valence-electron chi connectivity index (χ4n) is 11.2. The van der Waals surface area contributed by atoms with Crippen LogP contribution in [-0.4, -0.2) is 82.3 Å². The van der Waals surface area contributed by atoms with Crippen LogP contribution in [0.3, 0.4) is 0 Å². The van der Waals surface area contributed by atoms with Gasteiger partial charge in [-0.3, -0.25) is 9.59 Å². The zero-order valence-electron chi connectivity index (χ0n) is 62.5. The van der Waals surface area contributed by atoms with E-state index in [0.29, 0.717) is 23.9 Å². The molecule has 0 bridgehead atoms. The maximum absolute atomic E-state index is 13.0. The van der Waals surface area contributed by atoms with Crippen LogP contribution in [0.2, 0.25) is 0 Å². The Hall–Kier alpha value is -4.31. The molecular formula is C86H149NO8. The standard InChI is InChI=1S/C86H149NO8/c1-6-8-10-12-14-16-18-20-22-24-26-28-30-32-34-36-38-39-40-41-42-43-44-45-47-49-51-53-55-57-59-61-63-65-67-69-71-73-75-77-84(89)95-82(81-94-86(85(90)91)92-79-78-87(3,4)5)80-93-83(88)76-74-72-70-68-66-64-62-60-58-56-54-52-50-48-46-37-35-33-31-29-27-25-23-21-19-17-15-13-11-9-7-2/h8,10,14,16,19-22,25-28,31-34,38-39,41-42,82,86H,6-7,9,11-13,15,17-18,23-24,29-30,35-37,40,43-81H2,1-5H3/b10-8-,16-14-,21-19-,22-20-,27-25-,28-26-,33-31-,34-32-,39-38-,42-41-. The van der Waals surface area contributed by atoms with Crippen LogP contribution in [0.4, 0.5) is 0 Å². The topological polar surface area (TPSA) is 111 Å². The van der Waals surface area contributed by atoms with Crippen molar-refractivity contribution in [1.29, 1.82) is 0 Å². The number of hydrogen-bond acceptors (Lipinski definition) is 8. The number of carboxylic acid groups (broad SMARTS) is 1. The van der Waals surface area contributed by atoms with E-state index in [9.17, 15) is 19.5 Å². The first-order chi connectivity index (χ1) is 46.6. The van der Waals surface area contributed by atoms with Crippen LogP contribution in [0.1, 0.15) is 348 Å². The van der Waals surface area contributed by atoms with Gasteiger partial charge >= 0.3 is 11.9 Å². The SMILES string of the molecule is CC/C=C\C/C=C\C/C=C\C/C=C\C/C=C\C/C=C\C/C=C\CCCCCCCCCCCCCCCCCCCC(=O)OC(COC(=O)CCCCCCCCCCCCCCCCCC/C=C\C/C=C\C/C=C\CCCCCCC)COC(OCC[N+](C)(C)C)C(=O)[O-]. The highest BCUT2D eigenvalue weighted by Gasteiger charge is 2.22. The highest BCUT2D eigenvalue weighted by Crippen LogP contribution is 2.18. The molecule has 0 saturated heterocycles. The van der Waals surface area contributed by atoms with E-state index in [-0.39, 0.29) is 32.2 Å². The third-order valence-electron chi connectivity index (χ3n) is 17.2. The predicted octanol–water partition coefficient (Wildman–Crippen LogP) is 24.1. The normalized spacial score (nSPS) is 13.3. The summed E-state index contributed by atoms with van der Waals surface area (Å²) in [6.45, 7) is 4.66. The molecule has 0 saturated carbocycles. The monoisotopic (exact) mass is 1320 g/mol. The number of carbonyl (C=O) groups excluding carboxylic acids is 3. The molecule has 0 aromatic heterocycles. The number of quaternary nitrogens is 1. The third kappa shape index (κ3) is 76.9. The Labute approximate surface area is 587 Å². The number of carboxylic acids is 1. The summed E-state index contributed by atoms with van der Waals surface area (Å²) < 4.78 is 22.9. The summed E-state index contributed by atoms with van der Waals surface area (Å²) in [4.78, 5) is 37.6. The minimum Gasteiger partial charge on any atom is -0.545 e. The molecule has 0 amide bonds. The summed E-state index contributed by atoms with van der Waals surface area (Å²) in [6.07, 6.45) is 105. The van der Waals surface area contributed by atoms with Crippen molar-refractivity contribution < 1.29 is 42.9 Å². The first kappa shape index (κ1) is 90.7. The van der Waals surface area contributed by atoms with E-state index in [1.165, 1.54) is 218 Å². The van der Waals surface area contributed by atoms with Crippen molar-refractivity contribution in [3.63, 3.8) is 0 Å². The van der Waals surface area contributed by atoms with Crippen LogP contribution in [0.15, 0.2) is 122 Å². The van der Waals surface area contributed by atoms with E-state index in [0.717, 1.165) is 96.3 Å². The summed E-state index contributed by atoms with van der Waals surface area (Å²) in [5, 5.41) is 11.9. The number of carbonyl (C=O) groups is 3. The van der Waals surface area contributed by atoms with Crippen LogP contribution in [0, 0.1) is 0 Å². The molecule has 0 heterocycles. The lowest BCUT2D eigenvalue weighted by atomic mass is 10.0. The maximum Gasteiger partial charge on any atom is 0.306 e. The molecule has 9 nitrogen and oxygen atoms in total. The van der Waals surface area contributed by atoms with Gasteiger partial charge in [0.1, 0.15) is 13.2 Å². The lowest BCUT2D eigenvalue weighted by Crippen LogP contribution is -2.44. The molecule has 2 unspecified atom stereocenters. The fourth-order valence-corrected chi connectivity index (χ4v) is 11.2. The Morgan fingerprint density at radius 1 is 0.326 bits per heavy atom. The van der Waals surface area contributed by atoms with Gasteiger partial charge in [-0.15, -0.1) is 0 Å². The first-order valence-electron chi connectivity index (χ1n) is 39.7. The smallest absolute Gasteiger partial charge is 0.306 e. The highest BCUT2D eigenvalue weighted by atomic mass is 16.7. The number of allylic oxidation sites excluding steroid dienone is 20. The average molecular weight is 1330 g/mol. The molecule has 0 aliphatic heterocycles. The largest absolute Gasteiger partial charge is 0.545 e. The molecule has 0 aliphatic rings. The number of nitrogens with zero attached hydrogens (tertiary/aromatic N) is 1. The number of rotatable bonds is 73. The molecule has 0 rings (SSSR count). The fraction of sp³-hybridized carbons (Fsp3) is 0.733. The minimum atomic E-state index is -1.63. The molecule has 0 aromatic carbocycles. The van der Waals surface area contributed by atoms with Gasteiger partial charge < -0.3 is 33.3 Å². The van der Waals surface area contributed by atoms with Crippen molar-refractivity contribution in [3.05, 3.63) is 122 Å². The van der Waals surface area contributed by atoms with Crippen molar-refractivity contribution in [2.45, 2.75) is 360 Å². The van der Waals surface area contributed by atoms with E-state index >= 15 is 0 Å². The summed E-state index contributed by atoms with van der Waals surface area (Å²) in [5.41, 5.74) is 0. The average Bonchev–Trinajstić information content (AvgIpc) is 2.92. The quantitative estimate of drug-likeness (QED) is 0.0195. The molecule has 546 valence electrons. The number of unbranched alkanes of at least 4 members (excludes halogenated alkanes) is 38. The number of likely N-dealkylation sites (N-methyl/N-ethyl adjacent to an activating group) is 1. The second-order valence-electron chi connectivity index (χ2n) is 27.6. The summed E-state index contributed by atoms with van der Waals surface area (Å²) in [7, 11) is 5.94. The lowest BCUT2D eigenvalue weighted by molar-refractivity contribution is -0.870. The van der Waals surface area contributed by atoms with Crippen LogP contribution >= 0.6 is 0 Å². The summed E-state index contributed by atoms with van der Waals surface area (Å²) in [6, 6.07) is 0. The zero-order valence-corrected chi connectivity index (χ0v) is 62.5. The molecule has 0 spiro atoms. The van der Waals surface area contributed by atoms with E-state index in [4.69, 9.17) is 18.9 Å². The number of aliphatic carboxylic acids is 1. The molecule has 0 aliphatic carbocycles. The Bertz CT molecular complexity index is 1980. The van der Waals surface area contributed by atoms with E-state index in [1.807, 2.05) is 21.1 Å². The van der Waals surface area contributed by atoms with Crippen molar-refractivity contribution in [1.82, 2.24) is 0 Å². The molecule has 0 N–H and O–H groups in total. The number of esters is 2. The lowest BCUT2D eigenvalue weighted by Gasteiger charge is -2.26. The van der Waals surface area contributed by atoms with Gasteiger partial charge in [-0.25, -0.2) is 0 Å². The van der Waals surface area contributed by atoms with Crippen molar-refractivity contribution in [3.8, 4) is 0 Å². The van der Waals surface area contributed by atoms with Gasteiger partial charge in [0.2, 0.25) is 0 Å². The molecule has 0 fully saturated rings. The van der Waals surface area contributed by atoms with Gasteiger partial charge in [-0.05, 0) is 109 Å². The molecule has 0 radical (unpaired) electrons. The molecular weight excluding hydrogens is 1170 g/mol. The summed E-state index contributed by atoms with van der Waals surface area (Å²) in [5.74, 6) is -2.27.